The van der Waals surface area contributed by atoms with E-state index in [4.69, 9.17) is 0 Å². The fraction of sp³-hybridized carbons (Fsp3) is 0.615. The molecule has 114 valence electrons. The van der Waals surface area contributed by atoms with Gasteiger partial charge in [0.25, 0.3) is 4.96 Å². The number of likely N-dealkylation sites (tertiary alicyclic amines) is 1. The number of aromatic nitrogens is 2. The van der Waals surface area contributed by atoms with Gasteiger partial charge < -0.3 is 20.3 Å². The average molecular weight is 309 g/mol. The van der Waals surface area contributed by atoms with E-state index in [1.165, 1.54) is 28.6 Å². The second-order valence-corrected chi connectivity index (χ2v) is 6.43. The Bertz CT molecular complexity index is 630. The third kappa shape index (κ3) is 3.01. The molecule has 0 spiro atoms. The van der Waals surface area contributed by atoms with Crippen LogP contribution >= 0.6 is 11.3 Å². The summed E-state index contributed by atoms with van der Waals surface area (Å²) in [5.74, 6) is 1.13. The normalized spacial score (nSPS) is 17.4. The van der Waals surface area contributed by atoms with Crippen LogP contribution in [0.3, 0.4) is 0 Å². The van der Waals surface area contributed by atoms with E-state index in [-0.39, 0.29) is 10.7 Å². The smallest absolute Gasteiger partial charge is 0.363 e. The summed E-state index contributed by atoms with van der Waals surface area (Å²) in [6.45, 7) is 3.02. The Morgan fingerprint density at radius 1 is 1.52 bits per heavy atom. The van der Waals surface area contributed by atoms with Gasteiger partial charge in [-0.25, -0.2) is 0 Å². The van der Waals surface area contributed by atoms with Crippen molar-refractivity contribution in [3.05, 3.63) is 21.7 Å². The summed E-state index contributed by atoms with van der Waals surface area (Å²) < 4.78 is 1.53. The molecular formula is C13H19N5O2S. The van der Waals surface area contributed by atoms with Gasteiger partial charge in [0.15, 0.2) is 0 Å². The number of nitrogens with one attached hydrogen (secondary N) is 1. The van der Waals surface area contributed by atoms with Crippen LogP contribution in [0.2, 0.25) is 0 Å². The Labute approximate surface area is 126 Å². The molecule has 3 rings (SSSR count). The van der Waals surface area contributed by atoms with Gasteiger partial charge in [-0.1, -0.05) is 11.3 Å². The van der Waals surface area contributed by atoms with Crippen LogP contribution in [-0.4, -0.2) is 45.9 Å². The highest BCUT2D eigenvalue weighted by Crippen LogP contribution is 2.28. The van der Waals surface area contributed by atoms with E-state index < -0.39 is 0 Å². The number of hydrogen-bond acceptors (Lipinski definition) is 6. The van der Waals surface area contributed by atoms with Gasteiger partial charge in [-0.05, 0) is 50.2 Å². The van der Waals surface area contributed by atoms with Gasteiger partial charge in [0.05, 0.1) is 0 Å². The molecule has 21 heavy (non-hydrogen) atoms. The molecule has 0 aliphatic carbocycles. The molecule has 0 saturated carbocycles. The number of nitrogens with zero attached hydrogens (tertiary/aromatic N) is 4. The first-order valence-corrected chi connectivity index (χ1v) is 8.05. The van der Waals surface area contributed by atoms with E-state index >= 15 is 0 Å². The number of imidazole rings is 1. The molecular weight excluding hydrogens is 290 g/mol. The van der Waals surface area contributed by atoms with Crippen LogP contribution in [-0.2, 0) is 0 Å². The molecule has 0 amide bonds. The SMILES string of the molecule is CN1CCC(CCNc2nc3sccn3c2[N+](=O)[O-])CC1. The minimum atomic E-state index is -0.370. The van der Waals surface area contributed by atoms with Crippen molar-refractivity contribution < 1.29 is 4.92 Å². The van der Waals surface area contributed by atoms with Gasteiger partial charge in [0, 0.05) is 11.9 Å². The molecule has 1 N–H and O–H groups in total. The molecule has 0 unspecified atom stereocenters. The molecule has 0 atom stereocenters. The topological polar surface area (TPSA) is 75.7 Å². The van der Waals surface area contributed by atoms with Gasteiger partial charge >= 0.3 is 5.82 Å². The zero-order chi connectivity index (χ0) is 14.8. The Balaban J connectivity index is 1.61. The van der Waals surface area contributed by atoms with Gasteiger partial charge in [-0.15, -0.1) is 0 Å². The average Bonchev–Trinajstić information content (AvgIpc) is 3.00. The van der Waals surface area contributed by atoms with E-state index in [0.29, 0.717) is 16.7 Å². The third-order valence-electron chi connectivity index (χ3n) is 4.09. The maximum absolute atomic E-state index is 11.2. The van der Waals surface area contributed by atoms with Crippen molar-refractivity contribution in [2.75, 3.05) is 32.0 Å². The van der Waals surface area contributed by atoms with Crippen molar-refractivity contribution >= 4 is 27.9 Å². The molecule has 0 aromatic carbocycles. The van der Waals surface area contributed by atoms with E-state index in [9.17, 15) is 10.1 Å². The van der Waals surface area contributed by atoms with Gasteiger partial charge in [0.2, 0.25) is 5.82 Å². The van der Waals surface area contributed by atoms with Gasteiger partial charge in [-0.2, -0.15) is 9.38 Å². The third-order valence-corrected chi connectivity index (χ3v) is 4.85. The van der Waals surface area contributed by atoms with Gasteiger partial charge in [-0.3, -0.25) is 0 Å². The number of rotatable bonds is 5. The molecule has 8 heteroatoms. The molecule has 2 aromatic heterocycles. The predicted octanol–water partition coefficient (Wildman–Crippen LogP) is 2.45. The lowest BCUT2D eigenvalue weighted by Crippen LogP contribution is -2.30. The van der Waals surface area contributed by atoms with Crippen LogP contribution < -0.4 is 5.32 Å². The van der Waals surface area contributed by atoms with Crippen LogP contribution in [0.4, 0.5) is 11.6 Å². The summed E-state index contributed by atoms with van der Waals surface area (Å²) in [7, 11) is 2.15. The second kappa shape index (κ2) is 5.98. The van der Waals surface area contributed by atoms with Crippen molar-refractivity contribution in [3.63, 3.8) is 0 Å². The molecule has 0 radical (unpaired) electrons. The summed E-state index contributed by atoms with van der Waals surface area (Å²) in [5, 5.41) is 16.2. The molecule has 7 nitrogen and oxygen atoms in total. The molecule has 2 aromatic rings. The highest BCUT2D eigenvalue weighted by atomic mass is 32.1. The van der Waals surface area contributed by atoms with Crippen LogP contribution in [0.15, 0.2) is 11.6 Å². The highest BCUT2D eigenvalue weighted by Gasteiger charge is 2.23. The quantitative estimate of drug-likeness (QED) is 0.678. The summed E-state index contributed by atoms with van der Waals surface area (Å²) >= 11 is 1.40. The van der Waals surface area contributed by atoms with Crippen LogP contribution in [0, 0.1) is 16.0 Å². The van der Waals surface area contributed by atoms with Crippen molar-refractivity contribution in [2.24, 2.45) is 5.92 Å². The van der Waals surface area contributed by atoms with Crippen LogP contribution in [0.1, 0.15) is 19.3 Å². The van der Waals surface area contributed by atoms with E-state index in [1.54, 1.807) is 11.6 Å². The summed E-state index contributed by atoms with van der Waals surface area (Å²) in [6.07, 6.45) is 5.14. The molecule has 3 heterocycles. The van der Waals surface area contributed by atoms with Crippen molar-refractivity contribution in [2.45, 2.75) is 19.3 Å². The number of fused-ring (bicyclic) bond motifs is 1. The Hall–Kier alpha value is -1.67. The maximum atomic E-state index is 11.2. The van der Waals surface area contributed by atoms with E-state index in [2.05, 4.69) is 22.2 Å². The monoisotopic (exact) mass is 309 g/mol. The standard InChI is InChI=1S/C13H19N5O2S/c1-16-6-3-10(4-7-16)2-5-14-11-12(18(19)20)17-8-9-21-13(17)15-11/h8-10,14H,2-7H2,1H3. The fourth-order valence-electron chi connectivity index (χ4n) is 2.81. The lowest BCUT2D eigenvalue weighted by molar-refractivity contribution is -0.389. The summed E-state index contributed by atoms with van der Waals surface area (Å²) in [4.78, 5) is 18.1. The Morgan fingerprint density at radius 3 is 3.00 bits per heavy atom. The first-order chi connectivity index (χ1) is 10.1. The zero-order valence-corrected chi connectivity index (χ0v) is 12.8. The highest BCUT2D eigenvalue weighted by molar-refractivity contribution is 7.15. The van der Waals surface area contributed by atoms with Crippen molar-refractivity contribution in [3.8, 4) is 0 Å². The van der Waals surface area contributed by atoms with Crippen LogP contribution in [0.25, 0.3) is 4.96 Å². The number of piperidine rings is 1. The number of anilines is 1. The molecule has 1 saturated heterocycles. The second-order valence-electron chi connectivity index (χ2n) is 5.56. The molecule has 1 aliphatic heterocycles. The summed E-state index contributed by atoms with van der Waals surface area (Å²) in [5.41, 5.74) is 0. The number of nitro groups is 1. The first kappa shape index (κ1) is 14.3. The minimum absolute atomic E-state index is 0.0367. The first-order valence-electron chi connectivity index (χ1n) is 7.17. The van der Waals surface area contributed by atoms with E-state index in [0.717, 1.165) is 26.1 Å². The Kier molecular flexibility index (Phi) is 4.07. The molecule has 1 aliphatic rings. The Morgan fingerprint density at radius 2 is 2.29 bits per heavy atom. The largest absolute Gasteiger partial charge is 0.372 e. The number of thiazole rings is 1. The predicted molar refractivity (Wildman–Crippen MR) is 83.1 cm³/mol. The fourth-order valence-corrected chi connectivity index (χ4v) is 3.52. The minimum Gasteiger partial charge on any atom is -0.363 e. The number of hydrogen-bond donors (Lipinski definition) is 1. The van der Waals surface area contributed by atoms with Crippen molar-refractivity contribution in [1.82, 2.24) is 14.3 Å². The van der Waals surface area contributed by atoms with Crippen molar-refractivity contribution in [1.29, 1.82) is 0 Å². The zero-order valence-electron chi connectivity index (χ0n) is 12.0. The lowest BCUT2D eigenvalue weighted by Gasteiger charge is -2.28. The summed E-state index contributed by atoms with van der Waals surface area (Å²) in [6, 6.07) is 0. The molecule has 0 bridgehead atoms. The lowest BCUT2D eigenvalue weighted by atomic mass is 9.94. The molecule has 1 fully saturated rings. The van der Waals surface area contributed by atoms with Gasteiger partial charge in [0.1, 0.15) is 6.20 Å². The van der Waals surface area contributed by atoms with Crippen LogP contribution in [0.5, 0.6) is 0 Å². The maximum Gasteiger partial charge on any atom is 0.372 e. The van der Waals surface area contributed by atoms with E-state index in [1.807, 2.05) is 0 Å².